The standard InChI is InChI=1S/C12H23NO4/c1-3-5-8-17-12(14)13-6-9-16-11-10-15-7-4-2/h3,5H,4,6-11H2,1-2H3,(H,13,14)/b5-3+. The van der Waals surface area contributed by atoms with Gasteiger partial charge in [0.05, 0.1) is 19.8 Å². The first-order chi connectivity index (χ1) is 8.31. The number of carbonyl (C=O) groups is 1. The maximum absolute atomic E-state index is 11.0. The van der Waals surface area contributed by atoms with Gasteiger partial charge < -0.3 is 19.5 Å². The molecule has 1 amide bonds. The van der Waals surface area contributed by atoms with Crippen LogP contribution < -0.4 is 5.32 Å². The van der Waals surface area contributed by atoms with E-state index in [1.165, 1.54) is 0 Å². The zero-order chi connectivity index (χ0) is 12.8. The second kappa shape index (κ2) is 13.0. The molecule has 0 fully saturated rings. The summed E-state index contributed by atoms with van der Waals surface area (Å²) >= 11 is 0. The number of hydrogen-bond acceptors (Lipinski definition) is 4. The van der Waals surface area contributed by atoms with Crippen LogP contribution in [0, 0.1) is 0 Å². The van der Waals surface area contributed by atoms with Crippen molar-refractivity contribution in [3.8, 4) is 0 Å². The summed E-state index contributed by atoms with van der Waals surface area (Å²) in [4.78, 5) is 11.0. The van der Waals surface area contributed by atoms with Crippen LogP contribution in [0.1, 0.15) is 20.3 Å². The van der Waals surface area contributed by atoms with Crippen LogP contribution in [0.15, 0.2) is 12.2 Å². The summed E-state index contributed by atoms with van der Waals surface area (Å²) < 4.78 is 15.3. The van der Waals surface area contributed by atoms with Crippen LogP contribution in [0.3, 0.4) is 0 Å². The Bertz CT molecular complexity index is 207. The number of rotatable bonds is 10. The highest BCUT2D eigenvalue weighted by Gasteiger charge is 1.98. The minimum Gasteiger partial charge on any atom is -0.445 e. The van der Waals surface area contributed by atoms with Gasteiger partial charge in [-0.3, -0.25) is 0 Å². The average molecular weight is 245 g/mol. The van der Waals surface area contributed by atoms with E-state index in [2.05, 4.69) is 12.2 Å². The third-order valence-electron chi connectivity index (χ3n) is 1.78. The predicted octanol–water partition coefficient (Wildman–Crippen LogP) is 1.73. The van der Waals surface area contributed by atoms with Crippen molar-refractivity contribution in [1.29, 1.82) is 0 Å². The molecule has 0 aromatic heterocycles. The molecule has 0 saturated heterocycles. The van der Waals surface area contributed by atoms with E-state index < -0.39 is 6.09 Å². The van der Waals surface area contributed by atoms with Crippen LogP contribution in [0.2, 0.25) is 0 Å². The third-order valence-corrected chi connectivity index (χ3v) is 1.78. The van der Waals surface area contributed by atoms with E-state index in [0.29, 0.717) is 33.0 Å². The third kappa shape index (κ3) is 12.9. The molecule has 0 aromatic rings. The molecule has 0 bridgehead atoms. The fourth-order valence-corrected chi connectivity index (χ4v) is 0.963. The van der Waals surface area contributed by atoms with Gasteiger partial charge in [-0.1, -0.05) is 19.1 Å². The number of amides is 1. The van der Waals surface area contributed by atoms with E-state index in [0.717, 1.165) is 13.0 Å². The van der Waals surface area contributed by atoms with Crippen LogP contribution in [-0.4, -0.2) is 45.7 Å². The number of ether oxygens (including phenoxy) is 3. The molecule has 0 rings (SSSR count). The van der Waals surface area contributed by atoms with Crippen molar-refractivity contribution >= 4 is 6.09 Å². The molecule has 0 aliphatic rings. The maximum atomic E-state index is 11.0. The number of carbonyl (C=O) groups excluding carboxylic acids is 1. The van der Waals surface area contributed by atoms with Gasteiger partial charge in [0, 0.05) is 13.2 Å². The summed E-state index contributed by atoms with van der Waals surface area (Å²) in [6.07, 6.45) is 4.18. The molecule has 0 saturated carbocycles. The lowest BCUT2D eigenvalue weighted by atomic mass is 10.5. The quantitative estimate of drug-likeness (QED) is 0.470. The first-order valence-corrected chi connectivity index (χ1v) is 5.98. The number of allylic oxidation sites excluding steroid dienone is 1. The summed E-state index contributed by atoms with van der Waals surface area (Å²) in [6.45, 7) is 7.05. The van der Waals surface area contributed by atoms with E-state index in [1.54, 1.807) is 6.08 Å². The normalized spacial score (nSPS) is 10.7. The Balaban J connectivity index is 3.13. The van der Waals surface area contributed by atoms with Crippen LogP contribution in [0.4, 0.5) is 4.79 Å². The average Bonchev–Trinajstić information content (AvgIpc) is 2.33. The molecular formula is C12H23NO4. The second-order valence-corrected chi connectivity index (χ2v) is 3.32. The first kappa shape index (κ1) is 15.9. The molecule has 0 atom stereocenters. The monoisotopic (exact) mass is 245 g/mol. The highest BCUT2D eigenvalue weighted by Crippen LogP contribution is 1.83. The molecule has 0 unspecified atom stereocenters. The molecule has 5 nitrogen and oxygen atoms in total. The van der Waals surface area contributed by atoms with Crippen LogP contribution in [0.25, 0.3) is 0 Å². The minimum atomic E-state index is -0.422. The molecule has 0 heterocycles. The molecule has 5 heteroatoms. The summed E-state index contributed by atoms with van der Waals surface area (Å²) in [5, 5.41) is 2.58. The van der Waals surface area contributed by atoms with Gasteiger partial charge in [-0.2, -0.15) is 0 Å². The maximum Gasteiger partial charge on any atom is 0.407 e. The van der Waals surface area contributed by atoms with Crippen molar-refractivity contribution < 1.29 is 19.0 Å². The topological polar surface area (TPSA) is 56.8 Å². The SMILES string of the molecule is C/C=C/COC(=O)NCCOCCOCCC. The lowest BCUT2D eigenvalue weighted by Crippen LogP contribution is -2.28. The molecule has 0 radical (unpaired) electrons. The first-order valence-electron chi connectivity index (χ1n) is 5.98. The Morgan fingerprint density at radius 1 is 1.18 bits per heavy atom. The highest BCUT2D eigenvalue weighted by atomic mass is 16.5. The van der Waals surface area contributed by atoms with Crippen LogP contribution in [-0.2, 0) is 14.2 Å². The molecule has 0 aliphatic carbocycles. The molecule has 0 spiro atoms. The molecule has 1 N–H and O–H groups in total. The fourth-order valence-electron chi connectivity index (χ4n) is 0.963. The van der Waals surface area contributed by atoms with Crippen molar-refractivity contribution in [2.45, 2.75) is 20.3 Å². The Hall–Kier alpha value is -1.07. The summed E-state index contributed by atoms with van der Waals surface area (Å²) in [5.74, 6) is 0. The van der Waals surface area contributed by atoms with Gasteiger partial charge in [-0.05, 0) is 13.3 Å². The summed E-state index contributed by atoms with van der Waals surface area (Å²) in [5.41, 5.74) is 0. The molecule has 17 heavy (non-hydrogen) atoms. The molecular weight excluding hydrogens is 222 g/mol. The second-order valence-electron chi connectivity index (χ2n) is 3.32. The van der Waals surface area contributed by atoms with Gasteiger partial charge >= 0.3 is 6.09 Å². The summed E-state index contributed by atoms with van der Waals surface area (Å²) in [6, 6.07) is 0. The van der Waals surface area contributed by atoms with Crippen molar-refractivity contribution in [1.82, 2.24) is 5.32 Å². The van der Waals surface area contributed by atoms with Crippen molar-refractivity contribution in [3.63, 3.8) is 0 Å². The lowest BCUT2D eigenvalue weighted by molar-refractivity contribution is 0.0487. The largest absolute Gasteiger partial charge is 0.445 e. The zero-order valence-electron chi connectivity index (χ0n) is 10.7. The minimum absolute atomic E-state index is 0.300. The van der Waals surface area contributed by atoms with E-state index in [9.17, 15) is 4.79 Å². The van der Waals surface area contributed by atoms with Gasteiger partial charge in [0.1, 0.15) is 6.61 Å². The molecule has 100 valence electrons. The van der Waals surface area contributed by atoms with Gasteiger partial charge in [0.2, 0.25) is 0 Å². The Morgan fingerprint density at radius 3 is 2.53 bits per heavy atom. The Kier molecular flexibility index (Phi) is 12.2. The van der Waals surface area contributed by atoms with Gasteiger partial charge in [0.25, 0.3) is 0 Å². The smallest absolute Gasteiger partial charge is 0.407 e. The van der Waals surface area contributed by atoms with Gasteiger partial charge in [-0.25, -0.2) is 4.79 Å². The number of hydrogen-bond donors (Lipinski definition) is 1. The van der Waals surface area contributed by atoms with E-state index in [4.69, 9.17) is 14.2 Å². The van der Waals surface area contributed by atoms with Crippen LogP contribution >= 0.6 is 0 Å². The number of alkyl carbamates (subject to hydrolysis) is 1. The van der Waals surface area contributed by atoms with Gasteiger partial charge in [-0.15, -0.1) is 0 Å². The zero-order valence-corrected chi connectivity index (χ0v) is 10.7. The highest BCUT2D eigenvalue weighted by molar-refractivity contribution is 5.67. The predicted molar refractivity (Wildman–Crippen MR) is 66.1 cm³/mol. The Labute approximate surface area is 103 Å². The molecule has 0 aromatic carbocycles. The lowest BCUT2D eigenvalue weighted by Gasteiger charge is -2.06. The van der Waals surface area contributed by atoms with Crippen molar-refractivity contribution in [3.05, 3.63) is 12.2 Å². The fraction of sp³-hybridized carbons (Fsp3) is 0.750. The van der Waals surface area contributed by atoms with E-state index >= 15 is 0 Å². The van der Waals surface area contributed by atoms with E-state index in [-0.39, 0.29) is 0 Å². The van der Waals surface area contributed by atoms with E-state index in [1.807, 2.05) is 13.0 Å². The van der Waals surface area contributed by atoms with Crippen molar-refractivity contribution in [2.24, 2.45) is 0 Å². The van der Waals surface area contributed by atoms with Crippen molar-refractivity contribution in [2.75, 3.05) is 39.6 Å². The van der Waals surface area contributed by atoms with Gasteiger partial charge in [0.15, 0.2) is 0 Å². The molecule has 0 aliphatic heterocycles. The summed E-state index contributed by atoms with van der Waals surface area (Å²) in [7, 11) is 0. The Morgan fingerprint density at radius 2 is 1.88 bits per heavy atom. The van der Waals surface area contributed by atoms with Crippen LogP contribution in [0.5, 0.6) is 0 Å². The number of nitrogens with one attached hydrogen (secondary N) is 1.